The Morgan fingerprint density at radius 3 is 2.40 bits per heavy atom. The molecule has 4 aromatic rings. The second kappa shape index (κ2) is 12.5. The van der Waals surface area contributed by atoms with E-state index in [2.05, 4.69) is 18.7 Å². The van der Waals surface area contributed by atoms with Gasteiger partial charge in [-0.05, 0) is 73.8 Å². The number of nitrogens with zero attached hydrogens (tertiary/aromatic N) is 5. The SMILES string of the molecule is CC(=Nc1ccc(N2CC3CCC(C2)C3C(=O)O)nc1C)/C(=C(\N)c1cccc2nn(CC(O)c3ccccc3)cc12)C(C)C. The molecule has 3 atom stereocenters. The first-order chi connectivity index (χ1) is 21.6. The number of anilines is 1. The lowest BCUT2D eigenvalue weighted by Gasteiger charge is -2.36. The van der Waals surface area contributed by atoms with E-state index in [1.54, 1.807) is 4.68 Å². The predicted molar refractivity (Wildman–Crippen MR) is 178 cm³/mol. The number of aliphatic carboxylic acids is 1. The maximum atomic E-state index is 11.8. The van der Waals surface area contributed by atoms with Gasteiger partial charge in [-0.1, -0.05) is 56.3 Å². The molecule has 4 N–H and O–H groups in total. The van der Waals surface area contributed by atoms with Gasteiger partial charge in [0.25, 0.3) is 0 Å². The molecule has 2 aliphatic rings. The minimum Gasteiger partial charge on any atom is -0.481 e. The lowest BCUT2D eigenvalue weighted by atomic mass is 9.85. The van der Waals surface area contributed by atoms with Crippen molar-refractivity contribution in [3.05, 3.63) is 89.3 Å². The van der Waals surface area contributed by atoms with Gasteiger partial charge in [0.1, 0.15) is 5.82 Å². The lowest BCUT2D eigenvalue weighted by molar-refractivity contribution is -0.144. The number of hydrogen-bond acceptors (Lipinski definition) is 7. The van der Waals surface area contributed by atoms with E-state index in [1.165, 1.54) is 0 Å². The molecule has 6 rings (SSSR count). The molecule has 3 unspecified atom stereocenters. The van der Waals surface area contributed by atoms with Crippen LogP contribution in [0.15, 0.2) is 77.4 Å². The summed E-state index contributed by atoms with van der Waals surface area (Å²) in [6, 6.07) is 19.5. The maximum Gasteiger partial charge on any atom is 0.307 e. The van der Waals surface area contributed by atoms with Crippen LogP contribution in [0.3, 0.4) is 0 Å². The number of fused-ring (bicyclic) bond motifs is 3. The Kier molecular flexibility index (Phi) is 8.46. The van der Waals surface area contributed by atoms with Gasteiger partial charge in [0.2, 0.25) is 0 Å². The van der Waals surface area contributed by atoms with Gasteiger partial charge in [-0.2, -0.15) is 5.10 Å². The second-order valence-electron chi connectivity index (χ2n) is 12.8. The first-order valence-corrected chi connectivity index (χ1v) is 15.8. The molecule has 1 aliphatic carbocycles. The highest BCUT2D eigenvalue weighted by molar-refractivity contribution is 6.08. The standard InChI is InChI=1S/C36H42N6O3/c1-21(2)33(35(37)27-11-8-12-30-28(27)19-42(40-30)20-31(43)24-9-6-5-7-10-24)23(4)38-29-15-16-32(39-22(29)3)41-17-25-13-14-26(18-41)34(25)36(44)45/h5-12,15-16,19,21,25-26,31,34,43H,13-14,17-18,20,37H2,1-4H3,(H,44,45)/b35-33-,38-23?. The van der Waals surface area contributed by atoms with E-state index in [1.807, 2.05) is 80.7 Å². The van der Waals surface area contributed by atoms with Gasteiger partial charge in [-0.15, -0.1) is 0 Å². The van der Waals surface area contributed by atoms with Crippen LogP contribution in [-0.4, -0.2) is 49.7 Å². The molecule has 0 radical (unpaired) electrons. The fourth-order valence-electron chi connectivity index (χ4n) is 7.34. The van der Waals surface area contributed by atoms with Crippen LogP contribution < -0.4 is 10.6 Å². The molecule has 1 aliphatic heterocycles. The highest BCUT2D eigenvalue weighted by Gasteiger charge is 2.46. The van der Waals surface area contributed by atoms with Crippen LogP contribution in [0.5, 0.6) is 0 Å². The van der Waals surface area contributed by atoms with Gasteiger partial charge in [-0.3, -0.25) is 14.5 Å². The van der Waals surface area contributed by atoms with Crippen LogP contribution in [0.2, 0.25) is 0 Å². The molecule has 0 amide bonds. The highest BCUT2D eigenvalue weighted by Crippen LogP contribution is 2.43. The molecular formula is C36H42N6O3. The van der Waals surface area contributed by atoms with Crippen molar-refractivity contribution in [1.82, 2.24) is 14.8 Å². The number of nitrogens with two attached hydrogens (primary N) is 1. The molecular weight excluding hydrogens is 564 g/mol. The number of allylic oxidation sites excluding steroid dienone is 1. The Morgan fingerprint density at radius 1 is 1.04 bits per heavy atom. The number of piperidine rings is 1. The number of aliphatic hydroxyl groups is 1. The molecule has 234 valence electrons. The molecule has 2 aromatic heterocycles. The van der Waals surface area contributed by atoms with Crippen LogP contribution in [0.25, 0.3) is 16.6 Å². The van der Waals surface area contributed by atoms with Gasteiger partial charge >= 0.3 is 5.97 Å². The van der Waals surface area contributed by atoms with Crippen molar-refractivity contribution in [3.63, 3.8) is 0 Å². The zero-order valence-electron chi connectivity index (χ0n) is 26.4. The van der Waals surface area contributed by atoms with E-state index < -0.39 is 12.1 Å². The predicted octanol–water partition coefficient (Wildman–Crippen LogP) is 6.14. The molecule has 1 saturated heterocycles. The Hall–Kier alpha value is -4.50. The van der Waals surface area contributed by atoms with Crippen LogP contribution in [0.1, 0.15) is 56.5 Å². The maximum absolute atomic E-state index is 11.8. The van der Waals surface area contributed by atoms with E-state index in [0.717, 1.165) is 76.4 Å². The Labute approximate surface area is 264 Å². The third kappa shape index (κ3) is 6.09. The summed E-state index contributed by atoms with van der Waals surface area (Å²) in [5.74, 6) is 0.446. The normalized spacial score (nSPS) is 21.3. The minimum atomic E-state index is -0.674. The van der Waals surface area contributed by atoms with Crippen molar-refractivity contribution in [2.24, 2.45) is 34.4 Å². The third-order valence-corrected chi connectivity index (χ3v) is 9.46. The Balaban J connectivity index is 1.27. The molecule has 45 heavy (non-hydrogen) atoms. The number of aromatic nitrogens is 3. The zero-order valence-corrected chi connectivity index (χ0v) is 26.4. The number of hydrogen-bond donors (Lipinski definition) is 3. The van der Waals surface area contributed by atoms with E-state index in [4.69, 9.17) is 20.8 Å². The van der Waals surface area contributed by atoms with Crippen molar-refractivity contribution in [1.29, 1.82) is 0 Å². The monoisotopic (exact) mass is 606 g/mol. The summed E-state index contributed by atoms with van der Waals surface area (Å²) in [6.45, 7) is 9.98. The summed E-state index contributed by atoms with van der Waals surface area (Å²) in [5.41, 5.74) is 13.5. The van der Waals surface area contributed by atoms with Crippen LogP contribution in [-0.2, 0) is 11.3 Å². The molecule has 3 heterocycles. The largest absolute Gasteiger partial charge is 0.481 e. The van der Waals surface area contributed by atoms with E-state index in [-0.39, 0.29) is 23.7 Å². The number of aliphatic hydroxyl groups excluding tert-OH is 1. The average molecular weight is 607 g/mol. The molecule has 2 bridgehead atoms. The smallest absolute Gasteiger partial charge is 0.307 e. The second-order valence-corrected chi connectivity index (χ2v) is 12.8. The third-order valence-electron chi connectivity index (χ3n) is 9.46. The molecule has 0 spiro atoms. The van der Waals surface area contributed by atoms with Crippen molar-refractivity contribution >= 4 is 39.8 Å². The summed E-state index contributed by atoms with van der Waals surface area (Å²) in [4.78, 5) is 23.9. The summed E-state index contributed by atoms with van der Waals surface area (Å²) in [6.07, 6.45) is 3.21. The van der Waals surface area contributed by atoms with Crippen LogP contribution in [0, 0.1) is 30.6 Å². The fourth-order valence-corrected chi connectivity index (χ4v) is 7.34. The zero-order chi connectivity index (χ0) is 31.8. The summed E-state index contributed by atoms with van der Waals surface area (Å²) >= 11 is 0. The number of rotatable bonds is 9. The first kappa shape index (κ1) is 30.5. The minimum absolute atomic E-state index is 0.109. The highest BCUT2D eigenvalue weighted by atomic mass is 16.4. The summed E-state index contributed by atoms with van der Waals surface area (Å²) in [5, 5.41) is 26.1. The Bertz CT molecular complexity index is 1760. The van der Waals surface area contributed by atoms with Gasteiger partial charge in [0.05, 0.1) is 35.5 Å². The van der Waals surface area contributed by atoms with E-state index >= 15 is 0 Å². The number of carbonyl (C=O) groups is 1. The fraction of sp³-hybridized carbons (Fsp3) is 0.389. The first-order valence-electron chi connectivity index (χ1n) is 15.8. The van der Waals surface area contributed by atoms with Crippen molar-refractivity contribution in [3.8, 4) is 0 Å². The summed E-state index contributed by atoms with van der Waals surface area (Å²) in [7, 11) is 0. The lowest BCUT2D eigenvalue weighted by Crippen LogP contribution is -2.45. The van der Waals surface area contributed by atoms with Crippen LogP contribution >= 0.6 is 0 Å². The van der Waals surface area contributed by atoms with Gasteiger partial charge < -0.3 is 20.8 Å². The summed E-state index contributed by atoms with van der Waals surface area (Å²) < 4.78 is 1.78. The number of pyridine rings is 1. The number of aryl methyl sites for hydroxylation is 1. The number of benzene rings is 2. The molecule has 9 nitrogen and oxygen atoms in total. The molecule has 2 aromatic carbocycles. The Morgan fingerprint density at radius 2 is 1.76 bits per heavy atom. The van der Waals surface area contributed by atoms with Gasteiger partial charge in [0, 0.05) is 41.6 Å². The molecule has 2 fully saturated rings. The van der Waals surface area contributed by atoms with Crippen molar-refractivity contribution in [2.45, 2.75) is 53.2 Å². The topological polar surface area (TPSA) is 130 Å². The average Bonchev–Trinajstić information content (AvgIpc) is 3.55. The van der Waals surface area contributed by atoms with Gasteiger partial charge in [-0.25, -0.2) is 4.98 Å². The van der Waals surface area contributed by atoms with Crippen molar-refractivity contribution in [2.75, 3.05) is 18.0 Å². The quantitative estimate of drug-likeness (QED) is 0.195. The number of carboxylic acids is 1. The number of carboxylic acid groups (broad SMARTS) is 1. The van der Waals surface area contributed by atoms with E-state index in [0.29, 0.717) is 12.2 Å². The molecule has 1 saturated carbocycles. The van der Waals surface area contributed by atoms with Crippen LogP contribution in [0.4, 0.5) is 11.5 Å². The number of aliphatic imine (C=N–C) groups is 1. The van der Waals surface area contributed by atoms with Crippen molar-refractivity contribution < 1.29 is 15.0 Å². The molecule has 9 heteroatoms. The van der Waals surface area contributed by atoms with Gasteiger partial charge in [0.15, 0.2) is 0 Å². The van der Waals surface area contributed by atoms with E-state index in [9.17, 15) is 15.0 Å².